The van der Waals surface area contributed by atoms with Crippen LogP contribution in [0.3, 0.4) is 0 Å². The molecule has 0 atom stereocenters. The Bertz CT molecular complexity index is 151. The molecule has 4 nitrogen and oxygen atoms in total. The summed E-state index contributed by atoms with van der Waals surface area (Å²) in [7, 11) is 1.48. The molecule has 0 aromatic carbocycles. The molecule has 0 rings (SSSR count). The molecule has 5 heteroatoms. The Morgan fingerprint density at radius 1 is 1.78 bits per heavy atom. The summed E-state index contributed by atoms with van der Waals surface area (Å²) in [5.41, 5.74) is 0. The first-order valence-electron chi connectivity index (χ1n) is 2.31. The second-order valence-corrected chi connectivity index (χ2v) is 2.11. The SMILES string of the molecule is CNC(=C(C)S)[N+](=O)[O-]. The van der Waals surface area contributed by atoms with Crippen molar-refractivity contribution in [2.24, 2.45) is 0 Å². The molecule has 0 saturated carbocycles. The molecule has 0 heterocycles. The van der Waals surface area contributed by atoms with Gasteiger partial charge in [-0.05, 0) is 11.8 Å². The highest BCUT2D eigenvalue weighted by Crippen LogP contribution is 2.03. The van der Waals surface area contributed by atoms with E-state index in [0.29, 0.717) is 4.91 Å². The molecule has 0 aromatic heterocycles. The zero-order chi connectivity index (χ0) is 7.44. The van der Waals surface area contributed by atoms with Gasteiger partial charge in [0.2, 0.25) is 0 Å². The number of hydrogen-bond acceptors (Lipinski definition) is 4. The van der Waals surface area contributed by atoms with Crippen molar-refractivity contribution < 1.29 is 4.92 Å². The summed E-state index contributed by atoms with van der Waals surface area (Å²) in [6, 6.07) is 0. The Labute approximate surface area is 58.5 Å². The molecule has 0 aliphatic carbocycles. The fourth-order valence-corrected chi connectivity index (χ4v) is 0.598. The lowest BCUT2D eigenvalue weighted by Gasteiger charge is -1.98. The smallest absolute Gasteiger partial charge is 0.324 e. The van der Waals surface area contributed by atoms with Crippen LogP contribution in [0.2, 0.25) is 0 Å². The molecule has 52 valence electrons. The lowest BCUT2D eigenvalue weighted by Crippen LogP contribution is -2.15. The van der Waals surface area contributed by atoms with Gasteiger partial charge in [-0.15, -0.1) is 12.6 Å². The van der Waals surface area contributed by atoms with Crippen LogP contribution < -0.4 is 5.32 Å². The van der Waals surface area contributed by atoms with Crippen molar-refractivity contribution in [2.45, 2.75) is 6.92 Å². The van der Waals surface area contributed by atoms with Crippen LogP contribution in [0.4, 0.5) is 0 Å². The quantitative estimate of drug-likeness (QED) is 0.342. The van der Waals surface area contributed by atoms with Gasteiger partial charge in [-0.3, -0.25) is 5.32 Å². The Balaban J connectivity index is 4.35. The van der Waals surface area contributed by atoms with Crippen molar-refractivity contribution in [3.8, 4) is 0 Å². The van der Waals surface area contributed by atoms with Gasteiger partial charge >= 0.3 is 5.82 Å². The molecule has 0 bridgehead atoms. The van der Waals surface area contributed by atoms with E-state index in [1.807, 2.05) is 0 Å². The zero-order valence-corrected chi connectivity index (χ0v) is 6.11. The van der Waals surface area contributed by atoms with E-state index in [1.54, 1.807) is 6.92 Å². The van der Waals surface area contributed by atoms with Crippen molar-refractivity contribution in [2.75, 3.05) is 7.05 Å². The van der Waals surface area contributed by atoms with E-state index in [4.69, 9.17) is 0 Å². The number of nitrogens with one attached hydrogen (secondary N) is 1. The molecule has 0 aromatic rings. The molecule has 0 unspecified atom stereocenters. The number of allylic oxidation sites excluding steroid dienone is 1. The fourth-order valence-electron chi connectivity index (χ4n) is 0.404. The normalized spacial score (nSPS) is 12.3. The molecule has 0 fully saturated rings. The lowest BCUT2D eigenvalue weighted by atomic mass is 10.6. The van der Waals surface area contributed by atoms with E-state index in [-0.39, 0.29) is 5.82 Å². The van der Waals surface area contributed by atoms with Crippen LogP contribution in [-0.2, 0) is 0 Å². The molecule has 9 heavy (non-hydrogen) atoms. The summed E-state index contributed by atoms with van der Waals surface area (Å²) < 4.78 is 0. The van der Waals surface area contributed by atoms with Gasteiger partial charge in [-0.25, -0.2) is 0 Å². The van der Waals surface area contributed by atoms with Gasteiger partial charge in [0.05, 0.1) is 12.0 Å². The average Bonchev–Trinajstić information content (AvgIpc) is 1.64. The van der Waals surface area contributed by atoms with E-state index < -0.39 is 4.92 Å². The minimum atomic E-state index is -0.512. The third kappa shape index (κ3) is 2.36. The maximum atomic E-state index is 10.0. The summed E-state index contributed by atoms with van der Waals surface area (Å²) in [5.74, 6) is -0.0571. The third-order valence-corrected chi connectivity index (χ3v) is 0.974. The van der Waals surface area contributed by atoms with Gasteiger partial charge in [0.1, 0.15) is 0 Å². The summed E-state index contributed by atoms with van der Waals surface area (Å²) >= 11 is 3.79. The van der Waals surface area contributed by atoms with Crippen molar-refractivity contribution in [1.29, 1.82) is 0 Å². The van der Waals surface area contributed by atoms with Crippen LogP contribution in [-0.4, -0.2) is 12.0 Å². The monoisotopic (exact) mass is 148 g/mol. The standard InChI is InChI=1S/C4H8N2O2S/c1-3(9)4(5-2)6(7)8/h5,9H,1-2H3. The van der Waals surface area contributed by atoms with Crippen LogP contribution in [0.25, 0.3) is 0 Å². The number of rotatable bonds is 2. The number of thiol groups is 1. The highest BCUT2D eigenvalue weighted by molar-refractivity contribution is 7.84. The van der Waals surface area contributed by atoms with Crippen molar-refractivity contribution in [3.05, 3.63) is 20.8 Å². The van der Waals surface area contributed by atoms with Crippen LogP contribution in [0.1, 0.15) is 6.92 Å². The maximum absolute atomic E-state index is 10.0. The van der Waals surface area contributed by atoms with Gasteiger partial charge in [-0.2, -0.15) is 0 Å². The van der Waals surface area contributed by atoms with Crippen molar-refractivity contribution in [1.82, 2.24) is 5.32 Å². The topological polar surface area (TPSA) is 55.2 Å². The molecule has 1 N–H and O–H groups in total. The molecule has 0 saturated heterocycles. The number of nitro groups is 1. The van der Waals surface area contributed by atoms with E-state index in [1.165, 1.54) is 7.05 Å². The van der Waals surface area contributed by atoms with E-state index >= 15 is 0 Å². The van der Waals surface area contributed by atoms with E-state index in [2.05, 4.69) is 17.9 Å². The Kier molecular flexibility index (Phi) is 3.08. The third-order valence-electron chi connectivity index (χ3n) is 0.762. The summed E-state index contributed by atoms with van der Waals surface area (Å²) in [4.78, 5) is 9.87. The van der Waals surface area contributed by atoms with Gasteiger partial charge in [-0.1, -0.05) is 0 Å². The first-order chi connectivity index (χ1) is 4.09. The second-order valence-electron chi connectivity index (χ2n) is 1.44. The largest absolute Gasteiger partial charge is 0.358 e. The highest BCUT2D eigenvalue weighted by atomic mass is 32.1. The molecule has 0 amide bonds. The van der Waals surface area contributed by atoms with Crippen LogP contribution in [0.15, 0.2) is 10.7 Å². The molecular formula is C4H8N2O2S. The average molecular weight is 148 g/mol. The van der Waals surface area contributed by atoms with Crippen molar-refractivity contribution in [3.63, 3.8) is 0 Å². The Morgan fingerprint density at radius 2 is 2.22 bits per heavy atom. The number of hydrogen-bond donors (Lipinski definition) is 2. The molecular weight excluding hydrogens is 140 g/mol. The summed E-state index contributed by atoms with van der Waals surface area (Å²) in [5, 5.41) is 12.4. The molecule has 0 radical (unpaired) electrons. The Morgan fingerprint density at radius 3 is 2.22 bits per heavy atom. The van der Waals surface area contributed by atoms with Gasteiger partial charge in [0, 0.05) is 0 Å². The maximum Gasteiger partial charge on any atom is 0.324 e. The molecule has 0 aliphatic rings. The predicted molar refractivity (Wildman–Crippen MR) is 37.7 cm³/mol. The minimum absolute atomic E-state index is 0.0571. The van der Waals surface area contributed by atoms with E-state index in [9.17, 15) is 10.1 Å². The zero-order valence-electron chi connectivity index (χ0n) is 5.21. The lowest BCUT2D eigenvalue weighted by molar-refractivity contribution is -0.431. The summed E-state index contributed by atoms with van der Waals surface area (Å²) in [6.45, 7) is 1.55. The van der Waals surface area contributed by atoms with Gasteiger partial charge < -0.3 is 10.1 Å². The molecule has 0 aliphatic heterocycles. The van der Waals surface area contributed by atoms with E-state index in [0.717, 1.165) is 0 Å². The van der Waals surface area contributed by atoms with Gasteiger partial charge in [0.15, 0.2) is 0 Å². The Hall–Kier alpha value is -0.710. The fraction of sp³-hybridized carbons (Fsp3) is 0.500. The van der Waals surface area contributed by atoms with Crippen LogP contribution in [0.5, 0.6) is 0 Å². The van der Waals surface area contributed by atoms with Crippen molar-refractivity contribution >= 4 is 12.6 Å². The van der Waals surface area contributed by atoms with Crippen LogP contribution >= 0.6 is 12.6 Å². The van der Waals surface area contributed by atoms with Gasteiger partial charge in [0.25, 0.3) is 0 Å². The summed E-state index contributed by atoms with van der Waals surface area (Å²) in [6.07, 6.45) is 0. The number of nitrogens with zero attached hydrogens (tertiary/aromatic N) is 1. The first kappa shape index (κ1) is 8.29. The minimum Gasteiger partial charge on any atom is -0.358 e. The second kappa shape index (κ2) is 3.34. The molecule has 0 spiro atoms. The highest BCUT2D eigenvalue weighted by Gasteiger charge is 2.05. The van der Waals surface area contributed by atoms with Crippen LogP contribution in [0, 0.1) is 10.1 Å². The predicted octanol–water partition coefficient (Wildman–Crippen LogP) is 0.601. The first-order valence-corrected chi connectivity index (χ1v) is 2.76.